The van der Waals surface area contributed by atoms with Crippen LogP contribution in [0.4, 0.5) is 0 Å². The van der Waals surface area contributed by atoms with Gasteiger partial charge in [0, 0.05) is 11.6 Å². The van der Waals surface area contributed by atoms with E-state index in [2.05, 4.69) is 0 Å². The van der Waals surface area contributed by atoms with Crippen LogP contribution in [0.2, 0.25) is 5.02 Å². The Kier molecular flexibility index (Phi) is 5.85. The highest BCUT2D eigenvalue weighted by atomic mass is 35.5. The molecule has 0 fully saturated rings. The molecule has 1 amide bonds. The highest BCUT2D eigenvalue weighted by Gasteiger charge is 2.24. The zero-order valence-corrected chi connectivity index (χ0v) is 15.2. The van der Waals surface area contributed by atoms with E-state index in [1.165, 1.54) is 0 Å². The number of hydrogen-bond donors (Lipinski definition) is 1. The zero-order chi connectivity index (χ0) is 18.5. The van der Waals surface area contributed by atoms with Crippen LogP contribution in [0.15, 0.2) is 36.4 Å². The highest BCUT2D eigenvalue weighted by Crippen LogP contribution is 2.30. The number of nitrogens with zero attached hydrogens (tertiary/aromatic N) is 1. The highest BCUT2D eigenvalue weighted by molar-refractivity contribution is 6.31. The SMILES string of the molecule is COc1cc(CN2CCOc3ccc(Cl)cc3C2=O)ccc1OCCO. The van der Waals surface area contributed by atoms with E-state index < -0.39 is 0 Å². The minimum absolute atomic E-state index is 0.0743. The number of carbonyl (C=O) groups excluding carboxylic acids is 1. The van der Waals surface area contributed by atoms with Gasteiger partial charge in [0.15, 0.2) is 11.5 Å². The molecule has 2 aromatic carbocycles. The van der Waals surface area contributed by atoms with E-state index in [-0.39, 0.29) is 19.1 Å². The molecular weight excluding hydrogens is 358 g/mol. The van der Waals surface area contributed by atoms with Gasteiger partial charge >= 0.3 is 0 Å². The summed E-state index contributed by atoms with van der Waals surface area (Å²) in [6.07, 6.45) is 0. The Morgan fingerprint density at radius 2 is 2.08 bits per heavy atom. The van der Waals surface area contributed by atoms with E-state index in [9.17, 15) is 4.79 Å². The zero-order valence-electron chi connectivity index (χ0n) is 14.4. The summed E-state index contributed by atoms with van der Waals surface area (Å²) >= 11 is 6.03. The second-order valence-corrected chi connectivity index (χ2v) is 6.21. The summed E-state index contributed by atoms with van der Waals surface area (Å²) < 4.78 is 16.4. The van der Waals surface area contributed by atoms with Crippen molar-refractivity contribution in [1.29, 1.82) is 0 Å². The molecule has 1 N–H and O–H groups in total. The second-order valence-electron chi connectivity index (χ2n) is 5.77. The fourth-order valence-corrected chi connectivity index (χ4v) is 2.96. The molecule has 2 aromatic rings. The maximum Gasteiger partial charge on any atom is 0.258 e. The summed E-state index contributed by atoms with van der Waals surface area (Å²) in [6, 6.07) is 10.5. The summed E-state index contributed by atoms with van der Waals surface area (Å²) in [6.45, 7) is 1.40. The Hall–Kier alpha value is -2.44. The van der Waals surface area contributed by atoms with Gasteiger partial charge < -0.3 is 24.2 Å². The van der Waals surface area contributed by atoms with Crippen molar-refractivity contribution < 1.29 is 24.1 Å². The first kappa shape index (κ1) is 18.4. The number of fused-ring (bicyclic) bond motifs is 1. The molecule has 7 heteroatoms. The number of benzene rings is 2. The Balaban J connectivity index is 1.81. The van der Waals surface area contributed by atoms with Crippen molar-refractivity contribution in [2.45, 2.75) is 6.54 Å². The van der Waals surface area contributed by atoms with Crippen LogP contribution in [0.1, 0.15) is 15.9 Å². The smallest absolute Gasteiger partial charge is 0.258 e. The Bertz CT molecular complexity index is 795. The van der Waals surface area contributed by atoms with Crippen molar-refractivity contribution in [3.63, 3.8) is 0 Å². The van der Waals surface area contributed by atoms with Crippen molar-refractivity contribution in [2.24, 2.45) is 0 Å². The van der Waals surface area contributed by atoms with Crippen LogP contribution in [0, 0.1) is 0 Å². The van der Waals surface area contributed by atoms with Crippen molar-refractivity contribution in [3.8, 4) is 17.2 Å². The van der Waals surface area contributed by atoms with E-state index in [1.807, 2.05) is 12.1 Å². The van der Waals surface area contributed by atoms with Crippen LogP contribution in [0.3, 0.4) is 0 Å². The van der Waals surface area contributed by atoms with E-state index in [1.54, 1.807) is 36.3 Å². The number of methoxy groups -OCH3 is 1. The lowest BCUT2D eigenvalue weighted by Crippen LogP contribution is -2.31. The van der Waals surface area contributed by atoms with Crippen molar-refractivity contribution >= 4 is 17.5 Å². The van der Waals surface area contributed by atoms with Crippen molar-refractivity contribution in [1.82, 2.24) is 4.90 Å². The summed E-state index contributed by atoms with van der Waals surface area (Å²) in [5.41, 5.74) is 1.36. The van der Waals surface area contributed by atoms with Gasteiger partial charge in [-0.1, -0.05) is 17.7 Å². The summed E-state index contributed by atoms with van der Waals surface area (Å²) in [5.74, 6) is 1.53. The maximum atomic E-state index is 12.9. The minimum Gasteiger partial charge on any atom is -0.493 e. The Morgan fingerprint density at radius 3 is 2.85 bits per heavy atom. The number of amides is 1. The number of halogens is 1. The van der Waals surface area contributed by atoms with Crippen LogP contribution >= 0.6 is 11.6 Å². The van der Waals surface area contributed by atoms with Crippen molar-refractivity contribution in [2.75, 3.05) is 33.5 Å². The first-order chi connectivity index (χ1) is 12.6. The fraction of sp³-hybridized carbons (Fsp3) is 0.316. The van der Waals surface area contributed by atoms with Crippen LogP contribution in [-0.2, 0) is 6.54 Å². The lowest BCUT2D eigenvalue weighted by Gasteiger charge is -2.21. The van der Waals surface area contributed by atoms with Gasteiger partial charge in [-0.2, -0.15) is 0 Å². The number of aliphatic hydroxyl groups excluding tert-OH is 1. The van der Waals surface area contributed by atoms with Crippen LogP contribution in [0.25, 0.3) is 0 Å². The van der Waals surface area contributed by atoms with Crippen LogP contribution in [0.5, 0.6) is 17.2 Å². The minimum atomic E-state index is -0.125. The predicted molar refractivity (Wildman–Crippen MR) is 97.3 cm³/mol. The monoisotopic (exact) mass is 377 g/mol. The van der Waals surface area contributed by atoms with Gasteiger partial charge in [-0.05, 0) is 35.9 Å². The molecule has 3 rings (SSSR count). The van der Waals surface area contributed by atoms with Crippen LogP contribution in [-0.4, -0.2) is 49.4 Å². The standard InChI is InChI=1S/C19H20ClNO5/c1-24-18-10-13(2-4-17(18)26-9-7-22)12-21-6-8-25-16-5-3-14(20)11-15(16)19(21)23/h2-5,10-11,22H,6-9,12H2,1H3. The topological polar surface area (TPSA) is 68.2 Å². The van der Waals surface area contributed by atoms with Gasteiger partial charge in [-0.15, -0.1) is 0 Å². The number of carbonyl (C=O) groups is 1. The van der Waals surface area contributed by atoms with E-state index >= 15 is 0 Å². The molecular formula is C19H20ClNO5. The third-order valence-electron chi connectivity index (χ3n) is 4.03. The molecule has 26 heavy (non-hydrogen) atoms. The molecule has 1 aliphatic heterocycles. The van der Waals surface area contributed by atoms with Gasteiger partial charge in [-0.25, -0.2) is 0 Å². The fourth-order valence-electron chi connectivity index (χ4n) is 2.79. The van der Waals surface area contributed by atoms with Crippen LogP contribution < -0.4 is 14.2 Å². The van der Waals surface area contributed by atoms with Crippen molar-refractivity contribution in [3.05, 3.63) is 52.5 Å². The molecule has 1 aliphatic rings. The van der Waals surface area contributed by atoms with E-state index in [4.69, 9.17) is 30.9 Å². The molecule has 6 nitrogen and oxygen atoms in total. The molecule has 0 saturated carbocycles. The molecule has 0 aromatic heterocycles. The molecule has 0 aliphatic carbocycles. The summed E-state index contributed by atoms with van der Waals surface area (Å²) in [5, 5.41) is 9.38. The molecule has 0 spiro atoms. The maximum absolute atomic E-state index is 12.9. The molecule has 0 unspecified atom stereocenters. The number of hydrogen-bond acceptors (Lipinski definition) is 5. The largest absolute Gasteiger partial charge is 0.493 e. The lowest BCUT2D eigenvalue weighted by molar-refractivity contribution is 0.0743. The second kappa shape index (κ2) is 8.29. The Morgan fingerprint density at radius 1 is 1.23 bits per heavy atom. The number of rotatable bonds is 6. The van der Waals surface area contributed by atoms with E-state index in [0.717, 1.165) is 5.56 Å². The molecule has 138 valence electrons. The Labute approximate surface area is 156 Å². The molecule has 0 saturated heterocycles. The first-order valence-corrected chi connectivity index (χ1v) is 8.62. The lowest BCUT2D eigenvalue weighted by atomic mass is 10.1. The predicted octanol–water partition coefficient (Wildman–Crippen LogP) is 2.75. The van der Waals surface area contributed by atoms with Gasteiger partial charge in [0.05, 0.1) is 25.8 Å². The quantitative estimate of drug-likeness (QED) is 0.838. The summed E-state index contributed by atoms with van der Waals surface area (Å²) in [7, 11) is 1.55. The average Bonchev–Trinajstić information content (AvgIpc) is 2.80. The van der Waals surface area contributed by atoms with Gasteiger partial charge in [-0.3, -0.25) is 4.79 Å². The van der Waals surface area contributed by atoms with E-state index in [0.29, 0.717) is 47.5 Å². The van der Waals surface area contributed by atoms with Gasteiger partial charge in [0.25, 0.3) is 5.91 Å². The first-order valence-electron chi connectivity index (χ1n) is 8.24. The van der Waals surface area contributed by atoms with Gasteiger partial charge in [0.1, 0.15) is 19.0 Å². The summed E-state index contributed by atoms with van der Waals surface area (Å²) in [4.78, 5) is 14.6. The third-order valence-corrected chi connectivity index (χ3v) is 4.26. The molecule has 0 atom stereocenters. The third kappa shape index (κ3) is 4.03. The number of aliphatic hydroxyl groups is 1. The number of ether oxygens (including phenoxy) is 3. The van der Waals surface area contributed by atoms with Gasteiger partial charge in [0.2, 0.25) is 0 Å². The molecule has 0 radical (unpaired) electrons. The molecule has 0 bridgehead atoms. The average molecular weight is 378 g/mol. The normalized spacial score (nSPS) is 13.7. The molecule has 1 heterocycles.